The number of phenolic OH excluding ortho intramolecular Hbond substituents is 1. The summed E-state index contributed by atoms with van der Waals surface area (Å²) in [4.78, 5) is 0. The van der Waals surface area contributed by atoms with Crippen molar-refractivity contribution in [2.75, 3.05) is 13.7 Å². The molecule has 0 saturated heterocycles. The van der Waals surface area contributed by atoms with Crippen LogP contribution in [0.3, 0.4) is 0 Å². The van der Waals surface area contributed by atoms with Gasteiger partial charge < -0.3 is 19.3 Å². The number of benzene rings is 2. The highest BCUT2D eigenvalue weighted by Crippen LogP contribution is 2.52. The minimum atomic E-state index is -0.0862. The van der Waals surface area contributed by atoms with Gasteiger partial charge in [0.2, 0.25) is 0 Å². The lowest BCUT2D eigenvalue weighted by atomic mass is 9.88. The zero-order valence-electron chi connectivity index (χ0n) is 14.7. The van der Waals surface area contributed by atoms with Crippen LogP contribution in [0.25, 0.3) is 0 Å². The van der Waals surface area contributed by atoms with Gasteiger partial charge in [-0.1, -0.05) is 17.7 Å². The molecule has 130 valence electrons. The number of rotatable bonds is 3. The summed E-state index contributed by atoms with van der Waals surface area (Å²) in [6.07, 6.45) is 2.91. The van der Waals surface area contributed by atoms with Crippen molar-refractivity contribution in [1.29, 1.82) is 0 Å². The first-order valence-electron chi connectivity index (χ1n) is 8.53. The van der Waals surface area contributed by atoms with Crippen LogP contribution in [0.1, 0.15) is 42.6 Å². The molecule has 25 heavy (non-hydrogen) atoms. The van der Waals surface area contributed by atoms with Crippen molar-refractivity contribution in [3.8, 4) is 23.0 Å². The van der Waals surface area contributed by atoms with E-state index in [1.165, 1.54) is 5.57 Å². The first kappa shape index (κ1) is 15.9. The number of phenols is 1. The molecule has 2 atom stereocenters. The fourth-order valence-electron chi connectivity index (χ4n) is 3.59. The SMILES string of the molecule is COc1cc2c(cc1CC=C(C)C)[C@H]1Oc3cc(O)ccc3[C@@H]1CO2. The van der Waals surface area contributed by atoms with Gasteiger partial charge in [0.1, 0.15) is 29.1 Å². The van der Waals surface area contributed by atoms with Crippen LogP contribution >= 0.6 is 0 Å². The third-order valence-electron chi connectivity index (χ3n) is 4.88. The predicted molar refractivity (Wildman–Crippen MR) is 95.8 cm³/mol. The Bertz CT molecular complexity index is 849. The first-order chi connectivity index (χ1) is 12.1. The van der Waals surface area contributed by atoms with Crippen LogP contribution in [0.15, 0.2) is 42.0 Å². The van der Waals surface area contributed by atoms with Crippen molar-refractivity contribution >= 4 is 0 Å². The molecule has 4 nitrogen and oxygen atoms in total. The number of fused-ring (bicyclic) bond motifs is 5. The van der Waals surface area contributed by atoms with E-state index in [4.69, 9.17) is 14.2 Å². The van der Waals surface area contributed by atoms with Gasteiger partial charge in [-0.15, -0.1) is 0 Å². The molecule has 0 saturated carbocycles. The highest BCUT2D eigenvalue weighted by atomic mass is 16.5. The van der Waals surface area contributed by atoms with E-state index in [0.29, 0.717) is 6.61 Å². The molecule has 0 spiro atoms. The summed E-state index contributed by atoms with van der Waals surface area (Å²) in [5, 5.41) is 9.73. The van der Waals surface area contributed by atoms with Crippen LogP contribution in [-0.2, 0) is 6.42 Å². The number of hydrogen-bond acceptors (Lipinski definition) is 4. The van der Waals surface area contributed by atoms with E-state index in [9.17, 15) is 5.11 Å². The maximum atomic E-state index is 9.73. The molecule has 0 radical (unpaired) electrons. The van der Waals surface area contributed by atoms with Crippen molar-refractivity contribution in [3.63, 3.8) is 0 Å². The molecule has 2 aromatic rings. The Morgan fingerprint density at radius 1 is 1.20 bits per heavy atom. The molecule has 0 aromatic heterocycles. The average molecular weight is 338 g/mol. The van der Waals surface area contributed by atoms with Crippen LogP contribution in [0.2, 0.25) is 0 Å². The van der Waals surface area contributed by atoms with Crippen LogP contribution in [0.4, 0.5) is 0 Å². The van der Waals surface area contributed by atoms with Gasteiger partial charge in [0.15, 0.2) is 0 Å². The molecule has 2 aromatic carbocycles. The Kier molecular flexibility index (Phi) is 3.83. The van der Waals surface area contributed by atoms with E-state index in [0.717, 1.165) is 40.4 Å². The van der Waals surface area contributed by atoms with E-state index in [1.54, 1.807) is 19.2 Å². The molecule has 1 N–H and O–H groups in total. The zero-order chi connectivity index (χ0) is 17.6. The molecule has 4 heteroatoms. The molecular formula is C21H22O4. The zero-order valence-corrected chi connectivity index (χ0v) is 14.7. The standard InChI is InChI=1S/C21H22O4/c1-12(2)4-5-13-8-16-19(10-18(13)23-3)24-11-17-15-7-6-14(22)9-20(15)25-21(16)17/h4,6-10,17,21-22H,5,11H2,1-3H3/t17-,21+/m0/s1. The van der Waals surface area contributed by atoms with Crippen LogP contribution in [0.5, 0.6) is 23.0 Å². The Morgan fingerprint density at radius 2 is 2.04 bits per heavy atom. The lowest BCUT2D eigenvalue weighted by Gasteiger charge is -2.29. The monoisotopic (exact) mass is 338 g/mol. The second kappa shape index (κ2) is 6.03. The van der Waals surface area contributed by atoms with Crippen molar-refractivity contribution < 1.29 is 19.3 Å². The van der Waals surface area contributed by atoms with Crippen molar-refractivity contribution in [2.45, 2.75) is 32.3 Å². The molecular weight excluding hydrogens is 316 g/mol. The van der Waals surface area contributed by atoms with Gasteiger partial charge in [0.25, 0.3) is 0 Å². The molecule has 0 unspecified atom stereocenters. The Labute approximate surface area is 147 Å². The van der Waals surface area contributed by atoms with Gasteiger partial charge >= 0.3 is 0 Å². The third-order valence-corrected chi connectivity index (χ3v) is 4.88. The molecule has 0 aliphatic carbocycles. The summed E-state index contributed by atoms with van der Waals surface area (Å²) in [6.45, 7) is 4.74. The quantitative estimate of drug-likeness (QED) is 0.836. The van der Waals surface area contributed by atoms with Crippen molar-refractivity contribution in [1.82, 2.24) is 0 Å². The van der Waals surface area contributed by atoms with Gasteiger partial charge in [0.05, 0.1) is 19.6 Å². The normalized spacial score (nSPS) is 19.8. The second-order valence-electron chi connectivity index (χ2n) is 6.87. The van der Waals surface area contributed by atoms with E-state index >= 15 is 0 Å². The van der Waals surface area contributed by atoms with Crippen molar-refractivity contribution in [3.05, 3.63) is 58.7 Å². The molecule has 4 rings (SSSR count). The van der Waals surface area contributed by atoms with Gasteiger partial charge in [-0.25, -0.2) is 0 Å². The molecule has 2 aliphatic rings. The summed E-state index contributed by atoms with van der Waals surface area (Å²) in [6, 6.07) is 9.41. The number of aromatic hydroxyl groups is 1. The molecule has 0 bridgehead atoms. The number of hydrogen-bond donors (Lipinski definition) is 1. The second-order valence-corrected chi connectivity index (χ2v) is 6.87. The largest absolute Gasteiger partial charge is 0.508 e. The highest BCUT2D eigenvalue weighted by Gasteiger charge is 2.41. The van der Waals surface area contributed by atoms with Gasteiger partial charge in [-0.05, 0) is 38.0 Å². The fraction of sp³-hybridized carbons (Fsp3) is 0.333. The number of ether oxygens (including phenoxy) is 3. The topological polar surface area (TPSA) is 47.9 Å². The summed E-state index contributed by atoms with van der Waals surface area (Å²) >= 11 is 0. The van der Waals surface area contributed by atoms with Gasteiger partial charge in [-0.2, -0.15) is 0 Å². The molecule has 0 fully saturated rings. The minimum Gasteiger partial charge on any atom is -0.508 e. The van der Waals surface area contributed by atoms with Crippen LogP contribution < -0.4 is 14.2 Å². The Hall–Kier alpha value is -2.62. The van der Waals surface area contributed by atoms with Crippen molar-refractivity contribution in [2.24, 2.45) is 0 Å². The summed E-state index contributed by atoms with van der Waals surface area (Å²) in [5.41, 5.74) is 4.53. The van der Waals surface area contributed by atoms with E-state index < -0.39 is 0 Å². The highest BCUT2D eigenvalue weighted by molar-refractivity contribution is 5.54. The van der Waals surface area contributed by atoms with E-state index in [-0.39, 0.29) is 17.8 Å². The first-order valence-corrected chi connectivity index (χ1v) is 8.53. The summed E-state index contributed by atoms with van der Waals surface area (Å²) in [7, 11) is 1.68. The van der Waals surface area contributed by atoms with Gasteiger partial charge in [0, 0.05) is 23.3 Å². The van der Waals surface area contributed by atoms with Crippen LogP contribution in [-0.4, -0.2) is 18.8 Å². The number of allylic oxidation sites excluding steroid dienone is 2. The van der Waals surface area contributed by atoms with E-state index in [2.05, 4.69) is 26.0 Å². The smallest absolute Gasteiger partial charge is 0.138 e. The van der Waals surface area contributed by atoms with E-state index in [1.807, 2.05) is 12.1 Å². The number of methoxy groups -OCH3 is 1. The average Bonchev–Trinajstić information content (AvgIpc) is 2.96. The maximum absolute atomic E-state index is 9.73. The minimum absolute atomic E-state index is 0.0862. The summed E-state index contributed by atoms with van der Waals surface area (Å²) < 4.78 is 17.7. The molecule has 2 aliphatic heterocycles. The summed E-state index contributed by atoms with van der Waals surface area (Å²) in [5.74, 6) is 2.76. The Balaban J connectivity index is 1.75. The van der Waals surface area contributed by atoms with Crippen LogP contribution in [0, 0.1) is 0 Å². The molecule has 0 amide bonds. The lowest BCUT2D eigenvalue weighted by Crippen LogP contribution is -2.23. The predicted octanol–water partition coefficient (Wildman–Crippen LogP) is 4.52. The third kappa shape index (κ3) is 2.72. The Morgan fingerprint density at radius 3 is 2.80 bits per heavy atom. The lowest BCUT2D eigenvalue weighted by molar-refractivity contribution is 0.139. The van der Waals surface area contributed by atoms with Gasteiger partial charge in [-0.3, -0.25) is 0 Å². The molecule has 2 heterocycles. The fourth-order valence-corrected chi connectivity index (χ4v) is 3.59. The maximum Gasteiger partial charge on any atom is 0.138 e.